The van der Waals surface area contributed by atoms with Crippen molar-refractivity contribution < 1.29 is 9.59 Å². The first kappa shape index (κ1) is 15.8. The smallest absolute Gasteiger partial charge is 0.243 e. The number of hydrogen-bond acceptors (Lipinski definition) is 5. The molecule has 3 aromatic rings. The molecule has 7 heteroatoms. The Hall–Kier alpha value is -2.67. The summed E-state index contributed by atoms with van der Waals surface area (Å²) in [4.78, 5) is 26.3. The van der Waals surface area contributed by atoms with Crippen molar-refractivity contribution >= 4 is 29.2 Å². The first-order valence-electron chi connectivity index (χ1n) is 8.07. The van der Waals surface area contributed by atoms with Crippen LogP contribution < -0.4 is 0 Å². The number of aromatic nitrogens is 3. The van der Waals surface area contributed by atoms with Gasteiger partial charge in [0, 0.05) is 19.2 Å². The number of pyridine rings is 1. The Kier molecular flexibility index (Phi) is 4.23. The van der Waals surface area contributed by atoms with Gasteiger partial charge >= 0.3 is 0 Å². The van der Waals surface area contributed by atoms with Crippen LogP contribution >= 0.6 is 11.8 Å². The van der Waals surface area contributed by atoms with E-state index in [9.17, 15) is 9.59 Å². The van der Waals surface area contributed by atoms with E-state index < -0.39 is 5.25 Å². The highest BCUT2D eigenvalue weighted by molar-refractivity contribution is 8.00. The van der Waals surface area contributed by atoms with Crippen LogP contribution in [-0.4, -0.2) is 43.1 Å². The molecule has 0 spiro atoms. The Balaban J connectivity index is 1.45. The maximum atomic E-state index is 12.6. The standard InChI is InChI=1S/C18H16N4O2S/c23-16-12-14(25-18-20-19-15-8-4-5-10-21(15)18)17(24)22(16)11-9-13-6-2-1-3-7-13/h1-8,10,14H,9,11-12H2/t14-/m1/s1. The van der Waals surface area contributed by atoms with Crippen molar-refractivity contribution in [3.8, 4) is 0 Å². The lowest BCUT2D eigenvalue weighted by Crippen LogP contribution is -2.33. The molecular formula is C18H16N4O2S. The lowest BCUT2D eigenvalue weighted by molar-refractivity contribution is -0.138. The Morgan fingerprint density at radius 1 is 1.04 bits per heavy atom. The third-order valence-electron chi connectivity index (χ3n) is 4.20. The lowest BCUT2D eigenvalue weighted by Gasteiger charge is -2.14. The van der Waals surface area contributed by atoms with E-state index in [0.717, 1.165) is 11.2 Å². The molecule has 6 nitrogen and oxygen atoms in total. The number of thioether (sulfide) groups is 1. The fraction of sp³-hybridized carbons (Fsp3) is 0.222. The summed E-state index contributed by atoms with van der Waals surface area (Å²) in [5.74, 6) is -0.258. The number of likely N-dealkylation sites (tertiary alicyclic amines) is 1. The zero-order valence-electron chi connectivity index (χ0n) is 13.4. The van der Waals surface area contributed by atoms with E-state index in [4.69, 9.17) is 0 Å². The molecule has 1 aromatic carbocycles. The molecule has 2 aromatic heterocycles. The first-order valence-corrected chi connectivity index (χ1v) is 8.95. The van der Waals surface area contributed by atoms with Crippen LogP contribution in [0.15, 0.2) is 59.9 Å². The van der Waals surface area contributed by atoms with Crippen LogP contribution in [0, 0.1) is 0 Å². The number of benzene rings is 1. The molecule has 0 saturated carbocycles. The Morgan fingerprint density at radius 2 is 1.84 bits per heavy atom. The second-order valence-corrected chi connectivity index (χ2v) is 7.01. The minimum Gasteiger partial charge on any atom is -0.281 e. The van der Waals surface area contributed by atoms with Crippen LogP contribution in [-0.2, 0) is 16.0 Å². The number of imide groups is 1. The average Bonchev–Trinajstić information content (AvgIpc) is 3.16. The summed E-state index contributed by atoms with van der Waals surface area (Å²) in [5, 5.41) is 8.41. The molecule has 2 amide bonds. The van der Waals surface area contributed by atoms with Crippen LogP contribution in [0.3, 0.4) is 0 Å². The SMILES string of the molecule is O=C1C[C@@H](Sc2nnc3ccccn23)C(=O)N1CCc1ccccc1. The maximum absolute atomic E-state index is 12.6. The predicted molar refractivity (Wildman–Crippen MR) is 94.1 cm³/mol. The maximum Gasteiger partial charge on any atom is 0.243 e. The van der Waals surface area contributed by atoms with E-state index in [1.165, 1.54) is 16.7 Å². The van der Waals surface area contributed by atoms with Gasteiger partial charge in [-0.15, -0.1) is 10.2 Å². The van der Waals surface area contributed by atoms with Gasteiger partial charge in [0.1, 0.15) is 5.25 Å². The molecule has 1 saturated heterocycles. The van der Waals surface area contributed by atoms with Crippen LogP contribution in [0.1, 0.15) is 12.0 Å². The summed E-state index contributed by atoms with van der Waals surface area (Å²) in [6.07, 6.45) is 2.73. The van der Waals surface area contributed by atoms with Gasteiger partial charge in [-0.2, -0.15) is 0 Å². The van der Waals surface area contributed by atoms with Crippen LogP contribution in [0.25, 0.3) is 5.65 Å². The summed E-state index contributed by atoms with van der Waals surface area (Å²) < 4.78 is 1.83. The summed E-state index contributed by atoms with van der Waals surface area (Å²) in [6.45, 7) is 0.416. The highest BCUT2D eigenvalue weighted by Gasteiger charge is 2.39. The van der Waals surface area contributed by atoms with Crippen LogP contribution in [0.2, 0.25) is 0 Å². The van der Waals surface area contributed by atoms with Crippen LogP contribution in [0.5, 0.6) is 0 Å². The van der Waals surface area contributed by atoms with Gasteiger partial charge in [0.15, 0.2) is 10.8 Å². The third-order valence-corrected chi connectivity index (χ3v) is 5.34. The monoisotopic (exact) mass is 352 g/mol. The summed E-state index contributed by atoms with van der Waals surface area (Å²) in [7, 11) is 0. The van der Waals surface area contributed by atoms with Gasteiger partial charge in [-0.25, -0.2) is 0 Å². The average molecular weight is 352 g/mol. The Morgan fingerprint density at radius 3 is 2.68 bits per heavy atom. The zero-order chi connectivity index (χ0) is 17.2. The highest BCUT2D eigenvalue weighted by atomic mass is 32.2. The van der Waals surface area contributed by atoms with Gasteiger partial charge in [0.05, 0.1) is 0 Å². The molecule has 126 valence electrons. The molecule has 1 aliphatic rings. The van der Waals surface area contributed by atoms with Crippen molar-refractivity contribution in [3.63, 3.8) is 0 Å². The Labute approximate surface area is 148 Å². The minimum absolute atomic E-state index is 0.118. The molecule has 0 bridgehead atoms. The van der Waals surface area contributed by atoms with Gasteiger partial charge < -0.3 is 0 Å². The van der Waals surface area contributed by atoms with Crippen molar-refractivity contribution in [2.75, 3.05) is 6.54 Å². The molecule has 0 N–H and O–H groups in total. The van der Waals surface area contributed by atoms with Crippen molar-refractivity contribution in [2.24, 2.45) is 0 Å². The van der Waals surface area contributed by atoms with Crippen molar-refractivity contribution in [1.29, 1.82) is 0 Å². The van der Waals surface area contributed by atoms with E-state index in [0.29, 0.717) is 18.1 Å². The topological polar surface area (TPSA) is 67.6 Å². The summed E-state index contributed by atoms with van der Waals surface area (Å²) >= 11 is 1.30. The summed E-state index contributed by atoms with van der Waals surface area (Å²) in [5.41, 5.74) is 1.84. The molecule has 0 aliphatic carbocycles. The van der Waals surface area contributed by atoms with E-state index in [2.05, 4.69) is 10.2 Å². The largest absolute Gasteiger partial charge is 0.281 e. The van der Waals surface area contributed by atoms with Crippen molar-refractivity contribution in [3.05, 3.63) is 60.3 Å². The minimum atomic E-state index is -0.434. The summed E-state index contributed by atoms with van der Waals surface area (Å²) in [6, 6.07) is 15.5. The molecule has 3 heterocycles. The molecule has 1 fully saturated rings. The number of amides is 2. The van der Waals surface area contributed by atoms with E-state index in [-0.39, 0.29) is 18.2 Å². The Bertz CT molecular complexity index is 925. The number of carbonyl (C=O) groups excluding carboxylic acids is 2. The molecule has 1 atom stereocenters. The fourth-order valence-corrected chi connectivity index (χ4v) is 3.96. The number of rotatable bonds is 5. The van der Waals surface area contributed by atoms with Gasteiger partial charge in [-0.05, 0) is 24.1 Å². The second-order valence-electron chi connectivity index (χ2n) is 5.84. The highest BCUT2D eigenvalue weighted by Crippen LogP contribution is 2.30. The fourth-order valence-electron chi connectivity index (χ4n) is 2.89. The van der Waals surface area contributed by atoms with Gasteiger partial charge in [-0.1, -0.05) is 48.2 Å². The van der Waals surface area contributed by atoms with Crippen molar-refractivity contribution in [2.45, 2.75) is 23.2 Å². The number of carbonyl (C=O) groups is 2. The van der Waals surface area contributed by atoms with Crippen molar-refractivity contribution in [1.82, 2.24) is 19.5 Å². The van der Waals surface area contributed by atoms with E-state index in [1.54, 1.807) is 0 Å². The second kappa shape index (κ2) is 6.68. The van der Waals surface area contributed by atoms with Crippen LogP contribution in [0.4, 0.5) is 0 Å². The first-order chi connectivity index (χ1) is 12.2. The number of nitrogens with zero attached hydrogens (tertiary/aromatic N) is 4. The number of hydrogen-bond donors (Lipinski definition) is 0. The molecule has 1 aliphatic heterocycles. The molecular weight excluding hydrogens is 336 g/mol. The third kappa shape index (κ3) is 3.15. The normalized spacial score (nSPS) is 17.6. The van der Waals surface area contributed by atoms with Gasteiger partial charge in [-0.3, -0.25) is 18.9 Å². The quantitative estimate of drug-likeness (QED) is 0.659. The lowest BCUT2D eigenvalue weighted by atomic mass is 10.1. The van der Waals surface area contributed by atoms with Gasteiger partial charge in [0.2, 0.25) is 11.8 Å². The molecule has 25 heavy (non-hydrogen) atoms. The van der Waals surface area contributed by atoms with E-state index >= 15 is 0 Å². The molecule has 0 radical (unpaired) electrons. The van der Waals surface area contributed by atoms with E-state index in [1.807, 2.05) is 59.1 Å². The number of fused-ring (bicyclic) bond motifs is 1. The zero-order valence-corrected chi connectivity index (χ0v) is 14.2. The van der Waals surface area contributed by atoms with Gasteiger partial charge in [0.25, 0.3) is 0 Å². The molecule has 4 rings (SSSR count). The molecule has 0 unspecified atom stereocenters. The predicted octanol–water partition coefficient (Wildman–Crippen LogP) is 2.19.